The normalized spacial score (nSPS) is 17.9. The third kappa shape index (κ3) is 2.80. The molecule has 0 radical (unpaired) electrons. The lowest BCUT2D eigenvalue weighted by molar-refractivity contribution is 0.198. The Hall–Kier alpha value is -1.94. The molecule has 1 atom stereocenters. The third-order valence-corrected chi connectivity index (χ3v) is 4.06. The highest BCUT2D eigenvalue weighted by Gasteiger charge is 2.22. The van der Waals surface area contributed by atoms with E-state index in [1.807, 2.05) is 30.9 Å². The fourth-order valence-corrected chi connectivity index (χ4v) is 2.76. The van der Waals surface area contributed by atoms with Crippen molar-refractivity contribution in [3.8, 4) is 0 Å². The quantitative estimate of drug-likeness (QED) is 0.855. The van der Waals surface area contributed by atoms with E-state index in [4.69, 9.17) is 0 Å². The van der Waals surface area contributed by atoms with Gasteiger partial charge >= 0.3 is 0 Å². The topological polar surface area (TPSA) is 32.3 Å². The van der Waals surface area contributed by atoms with Crippen LogP contribution >= 0.6 is 0 Å². The molecule has 2 aromatic rings. The summed E-state index contributed by atoms with van der Waals surface area (Å²) in [5.41, 5.74) is 2.57. The van der Waals surface area contributed by atoms with Crippen LogP contribution in [0.1, 0.15) is 18.5 Å². The van der Waals surface area contributed by atoms with Crippen LogP contribution in [0.25, 0.3) is 0 Å². The molecule has 1 aliphatic rings. The zero-order valence-corrected chi connectivity index (χ0v) is 11.8. The van der Waals surface area contributed by atoms with Crippen molar-refractivity contribution in [1.29, 1.82) is 0 Å². The Morgan fingerprint density at radius 2 is 1.70 bits per heavy atom. The summed E-state index contributed by atoms with van der Waals surface area (Å²) in [4.78, 5) is 13.2. The van der Waals surface area contributed by atoms with Crippen LogP contribution in [0.15, 0.2) is 49.1 Å². The highest BCUT2D eigenvalue weighted by atomic mass is 15.3. The molecule has 0 N–H and O–H groups in total. The smallest absolute Gasteiger partial charge is 0.0553 e. The Balaban J connectivity index is 1.61. The first-order chi connectivity index (χ1) is 9.84. The molecule has 4 heteroatoms. The van der Waals surface area contributed by atoms with E-state index in [2.05, 4.69) is 44.9 Å². The summed E-state index contributed by atoms with van der Waals surface area (Å²) in [7, 11) is 0. The second-order valence-corrected chi connectivity index (χ2v) is 5.19. The Kier molecular flexibility index (Phi) is 3.92. The minimum atomic E-state index is 0.453. The Bertz CT molecular complexity index is 521. The van der Waals surface area contributed by atoms with Gasteiger partial charge in [0.1, 0.15) is 0 Å². The molecule has 3 rings (SSSR count). The maximum atomic E-state index is 4.20. The lowest BCUT2D eigenvalue weighted by Gasteiger charge is -2.39. The second-order valence-electron chi connectivity index (χ2n) is 5.19. The molecule has 4 nitrogen and oxygen atoms in total. The Labute approximate surface area is 120 Å². The highest BCUT2D eigenvalue weighted by Crippen LogP contribution is 2.22. The average molecular weight is 268 g/mol. The maximum Gasteiger partial charge on any atom is 0.0553 e. The van der Waals surface area contributed by atoms with Gasteiger partial charge in [0.05, 0.1) is 11.9 Å². The van der Waals surface area contributed by atoms with Crippen molar-refractivity contribution in [2.45, 2.75) is 13.0 Å². The fourth-order valence-electron chi connectivity index (χ4n) is 2.76. The summed E-state index contributed by atoms with van der Waals surface area (Å²) in [6, 6.07) is 8.81. The molecule has 2 aromatic heterocycles. The average Bonchev–Trinajstić information content (AvgIpc) is 2.56. The number of pyridine rings is 2. The molecule has 0 bridgehead atoms. The lowest BCUT2D eigenvalue weighted by Crippen LogP contribution is -2.47. The predicted octanol–water partition coefficient (Wildman–Crippen LogP) is 2.36. The Morgan fingerprint density at radius 3 is 2.35 bits per heavy atom. The number of nitrogens with zero attached hydrogens (tertiary/aromatic N) is 4. The van der Waals surface area contributed by atoms with E-state index in [9.17, 15) is 0 Å². The molecule has 1 aliphatic heterocycles. The van der Waals surface area contributed by atoms with E-state index in [0.717, 1.165) is 26.2 Å². The van der Waals surface area contributed by atoms with Crippen LogP contribution in [-0.2, 0) is 0 Å². The van der Waals surface area contributed by atoms with Gasteiger partial charge in [-0.15, -0.1) is 0 Å². The number of hydrogen-bond donors (Lipinski definition) is 0. The number of piperazine rings is 1. The molecule has 0 amide bonds. The van der Waals surface area contributed by atoms with Crippen molar-refractivity contribution in [1.82, 2.24) is 14.9 Å². The van der Waals surface area contributed by atoms with Crippen LogP contribution in [0.3, 0.4) is 0 Å². The van der Waals surface area contributed by atoms with E-state index in [0.29, 0.717) is 6.04 Å². The van der Waals surface area contributed by atoms with Crippen molar-refractivity contribution in [2.24, 2.45) is 0 Å². The van der Waals surface area contributed by atoms with Gasteiger partial charge in [0.2, 0.25) is 0 Å². The van der Waals surface area contributed by atoms with E-state index in [-0.39, 0.29) is 0 Å². The van der Waals surface area contributed by atoms with Crippen molar-refractivity contribution >= 4 is 5.69 Å². The number of hydrogen-bond acceptors (Lipinski definition) is 4. The maximum absolute atomic E-state index is 4.20. The minimum Gasteiger partial charge on any atom is -0.368 e. The van der Waals surface area contributed by atoms with Gasteiger partial charge < -0.3 is 4.90 Å². The van der Waals surface area contributed by atoms with Crippen LogP contribution in [0, 0.1) is 0 Å². The summed E-state index contributed by atoms with van der Waals surface area (Å²) in [6.07, 6.45) is 7.52. The first-order valence-electron chi connectivity index (χ1n) is 7.13. The standard InChI is InChI=1S/C16H20N4/c1-14(15-4-7-17-8-5-15)19-9-11-20(12-10-19)16-3-2-6-18-13-16/h2-8,13-14H,9-12H2,1H3. The molecule has 0 aliphatic carbocycles. The zero-order valence-electron chi connectivity index (χ0n) is 11.8. The van der Waals surface area contributed by atoms with Gasteiger partial charge in [0, 0.05) is 50.8 Å². The molecular formula is C16H20N4. The zero-order chi connectivity index (χ0) is 13.8. The molecule has 0 aromatic carbocycles. The van der Waals surface area contributed by atoms with Crippen molar-refractivity contribution in [3.63, 3.8) is 0 Å². The summed E-state index contributed by atoms with van der Waals surface area (Å²) in [6.45, 7) is 6.55. The van der Waals surface area contributed by atoms with Crippen LogP contribution < -0.4 is 4.90 Å². The molecule has 1 unspecified atom stereocenters. The first-order valence-corrected chi connectivity index (χ1v) is 7.13. The van der Waals surface area contributed by atoms with E-state index < -0.39 is 0 Å². The predicted molar refractivity (Wildman–Crippen MR) is 80.7 cm³/mol. The monoisotopic (exact) mass is 268 g/mol. The first kappa shape index (κ1) is 13.1. The summed E-state index contributed by atoms with van der Waals surface area (Å²) < 4.78 is 0. The third-order valence-electron chi connectivity index (χ3n) is 4.06. The fraction of sp³-hybridized carbons (Fsp3) is 0.375. The second kappa shape index (κ2) is 6.01. The van der Waals surface area contributed by atoms with Gasteiger partial charge in [-0.3, -0.25) is 14.9 Å². The highest BCUT2D eigenvalue weighted by molar-refractivity contribution is 5.44. The van der Waals surface area contributed by atoms with Gasteiger partial charge in [0.15, 0.2) is 0 Å². The van der Waals surface area contributed by atoms with E-state index in [1.54, 1.807) is 0 Å². The van der Waals surface area contributed by atoms with Gasteiger partial charge in [-0.25, -0.2) is 0 Å². The lowest BCUT2D eigenvalue weighted by atomic mass is 10.1. The largest absolute Gasteiger partial charge is 0.368 e. The van der Waals surface area contributed by atoms with Gasteiger partial charge in [-0.1, -0.05) is 0 Å². The summed E-state index contributed by atoms with van der Waals surface area (Å²) >= 11 is 0. The molecule has 104 valence electrons. The van der Waals surface area contributed by atoms with Crippen LogP contribution in [0.2, 0.25) is 0 Å². The minimum absolute atomic E-state index is 0.453. The van der Waals surface area contributed by atoms with Crippen LogP contribution in [0.4, 0.5) is 5.69 Å². The molecule has 3 heterocycles. The molecule has 1 saturated heterocycles. The SMILES string of the molecule is CC(c1ccncc1)N1CCN(c2cccnc2)CC1. The molecule has 0 saturated carbocycles. The van der Waals surface area contributed by atoms with Crippen molar-refractivity contribution in [3.05, 3.63) is 54.6 Å². The van der Waals surface area contributed by atoms with Gasteiger partial charge in [0.25, 0.3) is 0 Å². The van der Waals surface area contributed by atoms with Gasteiger partial charge in [-0.05, 0) is 36.8 Å². The number of aromatic nitrogens is 2. The number of rotatable bonds is 3. The molecular weight excluding hydrogens is 248 g/mol. The Morgan fingerprint density at radius 1 is 0.950 bits per heavy atom. The molecule has 0 spiro atoms. The summed E-state index contributed by atoms with van der Waals surface area (Å²) in [5.74, 6) is 0. The number of anilines is 1. The van der Waals surface area contributed by atoms with E-state index in [1.165, 1.54) is 11.3 Å². The van der Waals surface area contributed by atoms with Crippen molar-refractivity contribution in [2.75, 3.05) is 31.1 Å². The van der Waals surface area contributed by atoms with Crippen molar-refractivity contribution < 1.29 is 0 Å². The van der Waals surface area contributed by atoms with E-state index >= 15 is 0 Å². The van der Waals surface area contributed by atoms with Crippen LogP contribution in [-0.4, -0.2) is 41.0 Å². The van der Waals surface area contributed by atoms with Gasteiger partial charge in [-0.2, -0.15) is 0 Å². The molecule has 20 heavy (non-hydrogen) atoms. The molecule has 1 fully saturated rings. The van der Waals surface area contributed by atoms with Crippen LogP contribution in [0.5, 0.6) is 0 Å². The summed E-state index contributed by atoms with van der Waals surface area (Å²) in [5, 5.41) is 0.